The van der Waals surface area contributed by atoms with Crippen LogP contribution in [0.1, 0.15) is 34.3 Å². The van der Waals surface area contributed by atoms with Crippen molar-refractivity contribution in [2.45, 2.75) is 31.7 Å². The molecule has 32 heavy (non-hydrogen) atoms. The van der Waals surface area contributed by atoms with E-state index >= 15 is 0 Å². The predicted octanol–water partition coefficient (Wildman–Crippen LogP) is -0.0557. The molecule has 1 unspecified atom stereocenters. The Hall–Kier alpha value is -3.73. The molecule has 2 aliphatic rings. The summed E-state index contributed by atoms with van der Waals surface area (Å²) in [5.41, 5.74) is 5.30. The van der Waals surface area contributed by atoms with Gasteiger partial charge in [-0.15, -0.1) is 10.2 Å². The smallest absolute Gasteiger partial charge is 0.349 e. The molecule has 2 aliphatic heterocycles. The molecule has 0 radical (unpaired) electrons. The van der Waals surface area contributed by atoms with Crippen molar-refractivity contribution in [3.05, 3.63) is 51.9 Å². The topological polar surface area (TPSA) is 143 Å². The molecule has 0 aliphatic carbocycles. The fourth-order valence-corrected chi connectivity index (χ4v) is 4.50. The molecule has 11 heteroatoms. The summed E-state index contributed by atoms with van der Waals surface area (Å²) in [7, 11) is 0. The molecular formula is C21H22N6O5. The maximum absolute atomic E-state index is 12.8. The Morgan fingerprint density at radius 1 is 1.16 bits per heavy atom. The molecule has 1 atom stereocenters. The molecule has 3 N–H and O–H groups in total. The van der Waals surface area contributed by atoms with Crippen molar-refractivity contribution in [1.29, 1.82) is 0 Å². The SMILES string of the molecule is O=C(NC(CO)C(=O)Nn1cnnc1)c1cc2cc3c4c(c2oc1=O)CCCN4CCC3. The van der Waals surface area contributed by atoms with Crippen LogP contribution in [0, 0.1) is 0 Å². The third kappa shape index (κ3) is 3.50. The minimum Gasteiger partial charge on any atom is -0.422 e. The number of benzene rings is 1. The molecule has 4 heterocycles. The number of aliphatic hydroxyl groups is 1. The van der Waals surface area contributed by atoms with Gasteiger partial charge in [0.2, 0.25) is 0 Å². The summed E-state index contributed by atoms with van der Waals surface area (Å²) in [5, 5.41) is 19.7. The number of hydrogen-bond acceptors (Lipinski definition) is 8. The quantitative estimate of drug-likeness (QED) is 0.471. The number of nitrogens with one attached hydrogen (secondary N) is 2. The van der Waals surface area contributed by atoms with Crippen molar-refractivity contribution in [3.8, 4) is 0 Å². The van der Waals surface area contributed by atoms with Gasteiger partial charge in [-0.2, -0.15) is 0 Å². The van der Waals surface area contributed by atoms with E-state index in [1.165, 1.54) is 34.6 Å². The molecule has 0 bridgehead atoms. The van der Waals surface area contributed by atoms with E-state index in [1.807, 2.05) is 6.07 Å². The molecule has 166 valence electrons. The highest BCUT2D eigenvalue weighted by Gasteiger charge is 2.28. The van der Waals surface area contributed by atoms with Crippen LogP contribution in [-0.2, 0) is 17.6 Å². The average molecular weight is 438 g/mol. The van der Waals surface area contributed by atoms with Crippen LogP contribution in [0.3, 0.4) is 0 Å². The van der Waals surface area contributed by atoms with Gasteiger partial charge in [-0.05, 0) is 43.4 Å². The molecule has 0 fully saturated rings. The number of nitrogens with zero attached hydrogens (tertiary/aromatic N) is 4. The van der Waals surface area contributed by atoms with Gasteiger partial charge >= 0.3 is 5.63 Å². The minimum atomic E-state index is -1.28. The first-order valence-corrected chi connectivity index (χ1v) is 10.5. The molecule has 0 spiro atoms. The summed E-state index contributed by atoms with van der Waals surface area (Å²) in [6.45, 7) is 1.33. The first-order chi connectivity index (χ1) is 15.5. The number of aryl methyl sites for hydroxylation is 2. The zero-order valence-corrected chi connectivity index (χ0v) is 17.2. The fourth-order valence-electron chi connectivity index (χ4n) is 4.50. The lowest BCUT2D eigenvalue weighted by Crippen LogP contribution is -2.48. The number of hydrogen-bond donors (Lipinski definition) is 3. The Morgan fingerprint density at radius 3 is 2.66 bits per heavy atom. The largest absolute Gasteiger partial charge is 0.422 e. The summed E-state index contributed by atoms with van der Waals surface area (Å²) in [6, 6.07) is 2.21. The van der Waals surface area contributed by atoms with Crippen molar-refractivity contribution in [2.75, 3.05) is 30.0 Å². The second-order valence-electron chi connectivity index (χ2n) is 7.98. The van der Waals surface area contributed by atoms with E-state index in [2.05, 4.69) is 25.8 Å². The first-order valence-electron chi connectivity index (χ1n) is 10.5. The molecule has 11 nitrogen and oxygen atoms in total. The Kier molecular flexibility index (Phi) is 5.10. The fraction of sp³-hybridized carbons (Fsp3) is 0.381. The lowest BCUT2D eigenvalue weighted by molar-refractivity contribution is -0.119. The number of carbonyl (C=O) groups is 2. The van der Waals surface area contributed by atoms with E-state index in [9.17, 15) is 19.5 Å². The monoisotopic (exact) mass is 438 g/mol. The zero-order valence-electron chi connectivity index (χ0n) is 17.2. The normalized spacial score (nSPS) is 15.8. The van der Waals surface area contributed by atoms with Gasteiger partial charge < -0.3 is 19.7 Å². The number of amides is 2. The number of rotatable bonds is 5. The summed E-state index contributed by atoms with van der Waals surface area (Å²) >= 11 is 0. The average Bonchev–Trinajstić information content (AvgIpc) is 3.30. The van der Waals surface area contributed by atoms with Crippen molar-refractivity contribution in [2.24, 2.45) is 0 Å². The van der Waals surface area contributed by atoms with Crippen LogP contribution in [0.2, 0.25) is 0 Å². The van der Waals surface area contributed by atoms with Gasteiger partial charge in [0.25, 0.3) is 11.8 Å². The van der Waals surface area contributed by atoms with E-state index in [1.54, 1.807) is 0 Å². The predicted molar refractivity (Wildman–Crippen MR) is 114 cm³/mol. The van der Waals surface area contributed by atoms with Crippen LogP contribution in [0.25, 0.3) is 11.0 Å². The lowest BCUT2D eigenvalue weighted by Gasteiger charge is -2.37. The first kappa shape index (κ1) is 20.2. The van der Waals surface area contributed by atoms with Crippen molar-refractivity contribution in [3.63, 3.8) is 0 Å². The van der Waals surface area contributed by atoms with Crippen molar-refractivity contribution in [1.82, 2.24) is 20.2 Å². The summed E-state index contributed by atoms with van der Waals surface area (Å²) in [5.74, 6) is -1.49. The summed E-state index contributed by atoms with van der Waals surface area (Å²) in [4.78, 5) is 40.1. The Labute approximate surface area is 182 Å². The Morgan fingerprint density at radius 2 is 1.91 bits per heavy atom. The summed E-state index contributed by atoms with van der Waals surface area (Å²) in [6.07, 6.45) is 6.30. The highest BCUT2D eigenvalue weighted by Crippen LogP contribution is 2.39. The molecule has 3 aromatic rings. The minimum absolute atomic E-state index is 0.219. The molecule has 5 rings (SSSR count). The third-order valence-corrected chi connectivity index (χ3v) is 5.92. The van der Waals surface area contributed by atoms with Gasteiger partial charge in [0.15, 0.2) is 0 Å². The van der Waals surface area contributed by atoms with Gasteiger partial charge in [-0.25, -0.2) is 9.47 Å². The van der Waals surface area contributed by atoms with Crippen molar-refractivity contribution < 1.29 is 19.1 Å². The Balaban J connectivity index is 1.45. The van der Waals surface area contributed by atoms with E-state index < -0.39 is 30.1 Å². The standard InChI is InChI=1S/C21H22N6O5/c28-9-16(20(30)25-27-10-22-23-11-27)24-19(29)15-8-13-7-12-3-1-5-26-6-2-4-14(17(12)26)18(13)32-21(15)31/h7-8,10-11,16,28H,1-6,9H2,(H,24,29)(H,25,30). The van der Waals surface area contributed by atoms with E-state index in [0.717, 1.165) is 44.3 Å². The van der Waals surface area contributed by atoms with Gasteiger partial charge in [-0.1, -0.05) is 0 Å². The molecular weight excluding hydrogens is 416 g/mol. The Bertz CT molecular complexity index is 1250. The van der Waals surface area contributed by atoms with Gasteiger partial charge in [-0.3, -0.25) is 15.0 Å². The number of aromatic nitrogens is 3. The summed E-state index contributed by atoms with van der Waals surface area (Å²) < 4.78 is 6.80. The van der Waals surface area contributed by atoms with E-state index in [-0.39, 0.29) is 5.56 Å². The highest BCUT2D eigenvalue weighted by atomic mass is 16.4. The molecule has 0 saturated carbocycles. The van der Waals surface area contributed by atoms with Crippen LogP contribution in [0.15, 0.2) is 34.0 Å². The van der Waals surface area contributed by atoms with Gasteiger partial charge in [0.05, 0.1) is 6.61 Å². The van der Waals surface area contributed by atoms with Gasteiger partial charge in [0, 0.05) is 29.7 Å². The van der Waals surface area contributed by atoms with Crippen LogP contribution in [0.5, 0.6) is 0 Å². The second kappa shape index (κ2) is 8.08. The van der Waals surface area contributed by atoms with Crippen LogP contribution in [0.4, 0.5) is 5.69 Å². The second-order valence-corrected chi connectivity index (χ2v) is 7.98. The van der Waals surface area contributed by atoms with Gasteiger partial charge in [0.1, 0.15) is 29.8 Å². The molecule has 2 amide bonds. The van der Waals surface area contributed by atoms with E-state index in [4.69, 9.17) is 4.42 Å². The number of aliphatic hydroxyl groups excluding tert-OH is 1. The highest BCUT2D eigenvalue weighted by molar-refractivity contribution is 6.01. The number of carbonyl (C=O) groups excluding carboxylic acids is 2. The van der Waals surface area contributed by atoms with Crippen LogP contribution in [-0.4, -0.2) is 57.5 Å². The maximum atomic E-state index is 12.8. The third-order valence-electron chi connectivity index (χ3n) is 5.92. The van der Waals surface area contributed by atoms with E-state index in [0.29, 0.717) is 11.0 Å². The lowest BCUT2D eigenvalue weighted by atomic mass is 9.90. The molecule has 1 aromatic carbocycles. The molecule has 2 aromatic heterocycles. The molecule has 0 saturated heterocycles. The van der Waals surface area contributed by atoms with Crippen LogP contribution >= 0.6 is 0 Å². The van der Waals surface area contributed by atoms with Crippen molar-refractivity contribution >= 4 is 28.5 Å². The maximum Gasteiger partial charge on any atom is 0.349 e. The zero-order chi connectivity index (χ0) is 22.2. The number of anilines is 1. The number of fused-ring (bicyclic) bond motifs is 2. The van der Waals surface area contributed by atoms with Crippen LogP contribution < -0.4 is 21.3 Å².